The molecule has 0 spiro atoms. The summed E-state index contributed by atoms with van der Waals surface area (Å²) in [6.45, 7) is 2.17. The number of hydrogen-bond acceptors (Lipinski definition) is 4. The molecule has 0 aromatic heterocycles. The largest absolute Gasteiger partial charge is 0.396 e. The van der Waals surface area contributed by atoms with Gasteiger partial charge in [0.1, 0.15) is 0 Å². The number of hydrogen-bond donors (Lipinski definition) is 2. The Morgan fingerprint density at radius 1 is 0.939 bits per heavy atom. The molecule has 0 radical (unpaired) electrons. The number of sulfonamides is 1. The van der Waals surface area contributed by atoms with Crippen molar-refractivity contribution in [1.82, 2.24) is 9.62 Å². The Labute approximate surface area is 204 Å². The third-order valence-corrected chi connectivity index (χ3v) is 8.92. The fourth-order valence-corrected chi connectivity index (χ4v) is 6.14. The lowest BCUT2D eigenvalue weighted by atomic mass is 9.81. The summed E-state index contributed by atoms with van der Waals surface area (Å²) >= 11 is 5.91. The molecule has 0 bridgehead atoms. The summed E-state index contributed by atoms with van der Waals surface area (Å²) < 4.78 is 27.5. The van der Waals surface area contributed by atoms with Crippen LogP contribution >= 0.6 is 11.6 Å². The first-order chi connectivity index (χ1) is 15.9. The summed E-state index contributed by atoms with van der Waals surface area (Å²) in [7, 11) is -1.81. The van der Waals surface area contributed by atoms with Crippen LogP contribution in [0.25, 0.3) is 0 Å². The van der Waals surface area contributed by atoms with Crippen LogP contribution in [-0.2, 0) is 16.6 Å². The van der Waals surface area contributed by atoms with Crippen LogP contribution in [0.4, 0.5) is 0 Å². The lowest BCUT2D eigenvalue weighted by molar-refractivity contribution is 0.268. The number of nitrogens with zero attached hydrogens (tertiary/aromatic N) is 1. The highest BCUT2D eigenvalue weighted by Crippen LogP contribution is 2.36. The van der Waals surface area contributed by atoms with Crippen molar-refractivity contribution < 1.29 is 13.5 Å². The molecule has 7 heteroatoms. The predicted octanol–water partition coefficient (Wildman–Crippen LogP) is 5.33. The minimum atomic E-state index is -3.50. The Kier molecular flexibility index (Phi) is 10.2. The van der Waals surface area contributed by atoms with Crippen LogP contribution in [0.1, 0.15) is 68.4 Å². The van der Waals surface area contributed by atoms with E-state index in [4.69, 9.17) is 16.7 Å². The Morgan fingerprint density at radius 3 is 2.21 bits per heavy atom. The second-order valence-electron chi connectivity index (χ2n) is 9.04. The SMILES string of the molecule is CN(C1CCC(c2ccc(CNCCCCCCO)cc2)CC1)S(=O)(=O)c1ccc(Cl)cc1. The van der Waals surface area contributed by atoms with Crippen molar-refractivity contribution in [3.8, 4) is 0 Å². The third-order valence-electron chi connectivity index (χ3n) is 6.74. The zero-order chi connectivity index (χ0) is 23.7. The Hall–Kier alpha value is -1.44. The van der Waals surface area contributed by atoms with E-state index in [1.807, 2.05) is 0 Å². The molecular formula is C26H37ClN2O3S. The summed E-state index contributed by atoms with van der Waals surface area (Å²) in [5, 5.41) is 12.8. The maximum Gasteiger partial charge on any atom is 0.243 e. The molecule has 182 valence electrons. The van der Waals surface area contributed by atoms with Gasteiger partial charge in [0.2, 0.25) is 10.0 Å². The highest BCUT2D eigenvalue weighted by atomic mass is 35.5. The quantitative estimate of drug-likeness (QED) is 0.393. The van der Waals surface area contributed by atoms with Gasteiger partial charge in [0.25, 0.3) is 0 Å². The summed E-state index contributed by atoms with van der Waals surface area (Å²) in [6.07, 6.45) is 8.03. The number of nitrogens with one attached hydrogen (secondary N) is 1. The monoisotopic (exact) mass is 492 g/mol. The van der Waals surface area contributed by atoms with Crippen LogP contribution in [0.2, 0.25) is 5.02 Å². The Bertz CT molecular complexity index is 941. The third kappa shape index (κ3) is 7.52. The highest BCUT2D eigenvalue weighted by molar-refractivity contribution is 7.89. The van der Waals surface area contributed by atoms with Crippen molar-refractivity contribution in [1.29, 1.82) is 0 Å². The predicted molar refractivity (Wildman–Crippen MR) is 135 cm³/mol. The molecule has 1 fully saturated rings. The van der Waals surface area contributed by atoms with Gasteiger partial charge in [0.15, 0.2) is 0 Å². The van der Waals surface area contributed by atoms with Crippen LogP contribution in [0.3, 0.4) is 0 Å². The first-order valence-corrected chi connectivity index (χ1v) is 13.9. The minimum Gasteiger partial charge on any atom is -0.396 e. The maximum absolute atomic E-state index is 13.0. The van der Waals surface area contributed by atoms with E-state index in [1.165, 1.54) is 11.1 Å². The maximum atomic E-state index is 13.0. The lowest BCUT2D eigenvalue weighted by Crippen LogP contribution is -2.39. The van der Waals surface area contributed by atoms with E-state index in [2.05, 4.69) is 29.6 Å². The van der Waals surface area contributed by atoms with Gasteiger partial charge in [-0.15, -0.1) is 0 Å². The van der Waals surface area contributed by atoms with Crippen molar-refractivity contribution >= 4 is 21.6 Å². The molecule has 5 nitrogen and oxygen atoms in total. The van der Waals surface area contributed by atoms with E-state index < -0.39 is 10.0 Å². The van der Waals surface area contributed by atoms with E-state index in [0.29, 0.717) is 22.4 Å². The van der Waals surface area contributed by atoms with Gasteiger partial charge < -0.3 is 10.4 Å². The fourth-order valence-electron chi connectivity index (χ4n) is 4.60. The normalized spacial score (nSPS) is 19.2. The van der Waals surface area contributed by atoms with Gasteiger partial charge in [-0.25, -0.2) is 8.42 Å². The number of benzene rings is 2. The summed E-state index contributed by atoms with van der Waals surface area (Å²) in [4.78, 5) is 0.297. The van der Waals surface area contributed by atoms with E-state index in [-0.39, 0.29) is 6.04 Å². The number of unbranched alkanes of at least 4 members (excludes halogenated alkanes) is 3. The van der Waals surface area contributed by atoms with Gasteiger partial charge in [-0.05, 0) is 86.4 Å². The van der Waals surface area contributed by atoms with Gasteiger partial charge >= 0.3 is 0 Å². The van der Waals surface area contributed by atoms with Gasteiger partial charge in [-0.3, -0.25) is 0 Å². The molecule has 1 aliphatic rings. The average Bonchev–Trinajstić information content (AvgIpc) is 2.84. The van der Waals surface area contributed by atoms with Crippen LogP contribution in [0, 0.1) is 0 Å². The standard InChI is InChI=1S/C26H37ClN2O3S/c1-29(33(31,32)26-16-12-24(27)13-17-26)25-14-10-23(11-15-25)22-8-6-21(7-9-22)20-28-18-4-2-3-5-19-30/h6-9,12-13,16-17,23,25,28,30H,2-5,10-11,14-15,18-20H2,1H3. The minimum absolute atomic E-state index is 0.0304. The molecule has 0 saturated heterocycles. The molecule has 1 aliphatic carbocycles. The van der Waals surface area contributed by atoms with E-state index in [9.17, 15) is 8.42 Å². The van der Waals surface area contributed by atoms with E-state index in [0.717, 1.165) is 64.5 Å². The molecule has 2 aromatic rings. The highest BCUT2D eigenvalue weighted by Gasteiger charge is 2.31. The molecule has 1 saturated carbocycles. The van der Waals surface area contributed by atoms with Crippen LogP contribution in [0.5, 0.6) is 0 Å². The van der Waals surface area contributed by atoms with Gasteiger partial charge in [0.05, 0.1) is 4.90 Å². The zero-order valence-electron chi connectivity index (χ0n) is 19.5. The summed E-state index contributed by atoms with van der Waals surface area (Å²) in [5.41, 5.74) is 2.64. The van der Waals surface area contributed by atoms with Gasteiger partial charge in [0, 0.05) is 31.3 Å². The van der Waals surface area contributed by atoms with Gasteiger partial charge in [-0.2, -0.15) is 4.31 Å². The lowest BCUT2D eigenvalue weighted by Gasteiger charge is -2.34. The molecule has 0 aliphatic heterocycles. The van der Waals surface area contributed by atoms with Gasteiger partial charge in [-0.1, -0.05) is 48.7 Å². The summed E-state index contributed by atoms with van der Waals surface area (Å²) in [6, 6.07) is 15.3. The van der Waals surface area contributed by atoms with Crippen LogP contribution < -0.4 is 5.32 Å². The number of aliphatic hydroxyl groups is 1. The van der Waals surface area contributed by atoms with Crippen LogP contribution in [0.15, 0.2) is 53.4 Å². The molecule has 2 N–H and O–H groups in total. The van der Waals surface area contributed by atoms with Crippen molar-refractivity contribution in [3.63, 3.8) is 0 Å². The zero-order valence-corrected chi connectivity index (χ0v) is 21.1. The van der Waals surface area contributed by atoms with E-state index in [1.54, 1.807) is 35.6 Å². The first-order valence-electron chi connectivity index (χ1n) is 12.1. The Balaban J connectivity index is 1.45. The molecule has 0 amide bonds. The molecule has 2 aromatic carbocycles. The molecule has 0 unspecified atom stereocenters. The fraction of sp³-hybridized carbons (Fsp3) is 0.538. The van der Waals surface area contributed by atoms with Crippen molar-refractivity contribution in [2.45, 2.75) is 74.8 Å². The second kappa shape index (κ2) is 12.9. The van der Waals surface area contributed by atoms with Crippen molar-refractivity contribution in [2.24, 2.45) is 0 Å². The van der Waals surface area contributed by atoms with Crippen LogP contribution in [-0.4, -0.2) is 44.1 Å². The summed E-state index contributed by atoms with van der Waals surface area (Å²) in [5.74, 6) is 0.487. The molecule has 0 heterocycles. The molecular weight excluding hydrogens is 456 g/mol. The smallest absolute Gasteiger partial charge is 0.243 e. The average molecular weight is 493 g/mol. The number of rotatable bonds is 12. The van der Waals surface area contributed by atoms with Crippen molar-refractivity contribution in [3.05, 3.63) is 64.7 Å². The number of halogens is 1. The molecule has 3 rings (SSSR count). The topological polar surface area (TPSA) is 69.6 Å². The Morgan fingerprint density at radius 2 is 1.58 bits per heavy atom. The molecule has 33 heavy (non-hydrogen) atoms. The first kappa shape index (κ1) is 26.2. The van der Waals surface area contributed by atoms with E-state index >= 15 is 0 Å². The van der Waals surface area contributed by atoms with Crippen molar-refractivity contribution in [2.75, 3.05) is 20.2 Å². The number of aliphatic hydroxyl groups excluding tert-OH is 1. The molecule has 0 atom stereocenters. The second-order valence-corrected chi connectivity index (χ2v) is 11.5.